The van der Waals surface area contributed by atoms with E-state index in [0.29, 0.717) is 42.9 Å². The van der Waals surface area contributed by atoms with Crippen LogP contribution in [0.5, 0.6) is 5.75 Å². The highest BCUT2D eigenvalue weighted by Crippen LogP contribution is 2.23. The predicted octanol–water partition coefficient (Wildman–Crippen LogP) is 1.43. The monoisotopic (exact) mass is 381 g/mol. The number of rotatable bonds is 8. The maximum absolute atomic E-state index is 11.9. The second kappa shape index (κ2) is 9.25. The number of nitrogens with two attached hydrogens (primary N) is 1. The van der Waals surface area contributed by atoms with E-state index >= 15 is 0 Å². The molecule has 2 aromatic carbocycles. The van der Waals surface area contributed by atoms with Gasteiger partial charge in [0.05, 0.1) is 6.04 Å². The third-order valence-electron chi connectivity index (χ3n) is 4.71. The summed E-state index contributed by atoms with van der Waals surface area (Å²) in [6.45, 7) is 1.11. The van der Waals surface area contributed by atoms with Gasteiger partial charge in [-0.25, -0.2) is 0 Å². The van der Waals surface area contributed by atoms with E-state index in [2.05, 4.69) is 10.6 Å². The molecule has 1 aliphatic rings. The number of hydrogen-bond acceptors (Lipinski definition) is 6. The quantitative estimate of drug-likeness (QED) is 0.471. The molecule has 0 aromatic heterocycles. The second-order valence-corrected chi connectivity index (χ2v) is 6.64. The molecule has 7 heteroatoms. The van der Waals surface area contributed by atoms with E-state index < -0.39 is 6.04 Å². The molecule has 1 heterocycles. The minimum atomic E-state index is -0.478. The van der Waals surface area contributed by atoms with E-state index in [0.717, 1.165) is 17.4 Å². The summed E-state index contributed by atoms with van der Waals surface area (Å²) in [4.78, 5) is 34.7. The largest absolute Gasteiger partial charge is 0.489 e. The van der Waals surface area contributed by atoms with Gasteiger partial charge in [-0.2, -0.15) is 0 Å². The molecule has 146 valence electrons. The van der Waals surface area contributed by atoms with Crippen LogP contribution in [0.3, 0.4) is 0 Å². The molecule has 3 rings (SSSR count). The lowest BCUT2D eigenvalue weighted by Gasteiger charge is -2.23. The van der Waals surface area contributed by atoms with Gasteiger partial charge in [0, 0.05) is 30.6 Å². The molecule has 0 radical (unpaired) electrons. The molecular formula is C21H23N3O4. The van der Waals surface area contributed by atoms with Gasteiger partial charge in [0.15, 0.2) is 6.29 Å². The maximum atomic E-state index is 11.9. The van der Waals surface area contributed by atoms with Crippen molar-refractivity contribution in [3.63, 3.8) is 0 Å². The highest BCUT2D eigenvalue weighted by Gasteiger charge is 2.26. The molecular weight excluding hydrogens is 358 g/mol. The Bertz CT molecular complexity index is 864. The van der Waals surface area contributed by atoms with Gasteiger partial charge in [-0.3, -0.25) is 19.7 Å². The Morgan fingerprint density at radius 1 is 1.14 bits per heavy atom. The smallest absolute Gasteiger partial charge is 0.243 e. The van der Waals surface area contributed by atoms with Crippen LogP contribution in [0.25, 0.3) is 0 Å². The van der Waals surface area contributed by atoms with E-state index in [1.807, 2.05) is 24.3 Å². The van der Waals surface area contributed by atoms with Crippen molar-refractivity contribution in [3.05, 3.63) is 64.7 Å². The zero-order valence-corrected chi connectivity index (χ0v) is 15.4. The minimum absolute atomic E-state index is 0.263. The van der Waals surface area contributed by atoms with E-state index in [1.165, 1.54) is 0 Å². The molecule has 0 bridgehead atoms. The summed E-state index contributed by atoms with van der Waals surface area (Å²) in [6.07, 6.45) is 1.49. The van der Waals surface area contributed by atoms with Crippen LogP contribution in [0.2, 0.25) is 0 Å². The number of piperidine rings is 1. The van der Waals surface area contributed by atoms with Crippen molar-refractivity contribution in [1.29, 1.82) is 0 Å². The van der Waals surface area contributed by atoms with Crippen LogP contribution in [-0.2, 0) is 29.3 Å². The van der Waals surface area contributed by atoms with Gasteiger partial charge in [-0.15, -0.1) is 0 Å². The molecule has 0 aliphatic carbocycles. The van der Waals surface area contributed by atoms with Gasteiger partial charge in [0.2, 0.25) is 11.8 Å². The molecule has 0 saturated carbocycles. The van der Waals surface area contributed by atoms with E-state index in [4.69, 9.17) is 10.5 Å². The minimum Gasteiger partial charge on any atom is -0.489 e. The van der Waals surface area contributed by atoms with Gasteiger partial charge < -0.3 is 15.8 Å². The average Bonchev–Trinajstić information content (AvgIpc) is 2.72. The number of amides is 2. The number of nitrogens with one attached hydrogen (secondary N) is 2. The van der Waals surface area contributed by atoms with Crippen molar-refractivity contribution in [3.8, 4) is 5.75 Å². The maximum Gasteiger partial charge on any atom is 0.243 e. The summed E-state index contributed by atoms with van der Waals surface area (Å²) >= 11 is 0. The van der Waals surface area contributed by atoms with Crippen molar-refractivity contribution >= 4 is 18.1 Å². The summed E-state index contributed by atoms with van der Waals surface area (Å²) in [5.74, 6) is -0.0318. The Hall–Kier alpha value is -3.03. The molecule has 1 unspecified atom stereocenters. The summed E-state index contributed by atoms with van der Waals surface area (Å²) in [7, 11) is 0. The molecule has 1 atom stereocenters. The lowest BCUT2D eigenvalue weighted by atomic mass is 10.0. The van der Waals surface area contributed by atoms with Crippen molar-refractivity contribution < 1.29 is 19.1 Å². The molecule has 2 aromatic rings. The van der Waals surface area contributed by atoms with Gasteiger partial charge in [0.25, 0.3) is 0 Å². The fraction of sp³-hybridized carbons (Fsp3) is 0.286. The van der Waals surface area contributed by atoms with Crippen LogP contribution >= 0.6 is 0 Å². The van der Waals surface area contributed by atoms with Gasteiger partial charge in [-0.1, -0.05) is 36.4 Å². The Morgan fingerprint density at radius 2 is 1.89 bits per heavy atom. The molecule has 1 saturated heterocycles. The molecule has 1 aliphatic heterocycles. The summed E-state index contributed by atoms with van der Waals surface area (Å²) in [5, 5.41) is 5.43. The number of aldehydes is 1. The topological polar surface area (TPSA) is 111 Å². The van der Waals surface area contributed by atoms with Crippen LogP contribution in [0.1, 0.15) is 39.9 Å². The molecule has 2 amide bonds. The molecule has 28 heavy (non-hydrogen) atoms. The number of ether oxygens (including phenoxy) is 1. The fourth-order valence-electron chi connectivity index (χ4n) is 3.06. The third kappa shape index (κ3) is 4.82. The van der Waals surface area contributed by atoms with Crippen molar-refractivity contribution in [2.75, 3.05) is 0 Å². The molecule has 7 nitrogen and oxygen atoms in total. The zero-order chi connectivity index (χ0) is 19.9. The third-order valence-corrected chi connectivity index (χ3v) is 4.71. The first-order valence-electron chi connectivity index (χ1n) is 9.15. The molecule has 4 N–H and O–H groups in total. The Labute approximate surface area is 163 Å². The van der Waals surface area contributed by atoms with Crippen LogP contribution in [0.4, 0.5) is 0 Å². The first-order valence-corrected chi connectivity index (χ1v) is 9.15. The Kier molecular flexibility index (Phi) is 6.52. The van der Waals surface area contributed by atoms with Crippen LogP contribution < -0.4 is 21.1 Å². The van der Waals surface area contributed by atoms with E-state index in [9.17, 15) is 14.4 Å². The van der Waals surface area contributed by atoms with Crippen LogP contribution in [-0.4, -0.2) is 24.1 Å². The van der Waals surface area contributed by atoms with Crippen molar-refractivity contribution in [2.24, 2.45) is 5.73 Å². The number of hydrogen-bond donors (Lipinski definition) is 3. The molecule has 1 fully saturated rings. The number of benzene rings is 2. The van der Waals surface area contributed by atoms with Crippen LogP contribution in [0, 0.1) is 0 Å². The average molecular weight is 381 g/mol. The number of imide groups is 1. The predicted molar refractivity (Wildman–Crippen MR) is 104 cm³/mol. The SMILES string of the molecule is NCc1ccc(COc2cccc(C=O)c2CNC2CCC(=O)NC2=O)cc1. The summed E-state index contributed by atoms with van der Waals surface area (Å²) in [5.41, 5.74) is 8.81. The standard InChI is InChI=1S/C21H23N3O4/c22-10-14-4-6-15(7-5-14)13-28-19-3-1-2-16(12-25)17(19)11-23-18-8-9-20(26)24-21(18)27/h1-7,12,18,23H,8-11,13,22H2,(H,24,26,27). The lowest BCUT2D eigenvalue weighted by Crippen LogP contribution is -2.50. The highest BCUT2D eigenvalue weighted by atomic mass is 16.5. The zero-order valence-electron chi connectivity index (χ0n) is 15.4. The van der Waals surface area contributed by atoms with Crippen molar-refractivity contribution in [1.82, 2.24) is 10.6 Å². The lowest BCUT2D eigenvalue weighted by molar-refractivity contribution is -0.134. The summed E-state index contributed by atoms with van der Waals surface area (Å²) < 4.78 is 5.94. The number of carbonyl (C=O) groups is 3. The normalized spacial score (nSPS) is 16.5. The van der Waals surface area contributed by atoms with Gasteiger partial charge in [0.1, 0.15) is 12.4 Å². The van der Waals surface area contributed by atoms with E-state index in [-0.39, 0.29) is 18.4 Å². The van der Waals surface area contributed by atoms with Gasteiger partial charge >= 0.3 is 0 Å². The number of carbonyl (C=O) groups excluding carboxylic acids is 3. The Morgan fingerprint density at radius 3 is 2.57 bits per heavy atom. The first kappa shape index (κ1) is 19.7. The van der Waals surface area contributed by atoms with E-state index in [1.54, 1.807) is 18.2 Å². The van der Waals surface area contributed by atoms with Crippen molar-refractivity contribution in [2.45, 2.75) is 38.6 Å². The highest BCUT2D eigenvalue weighted by molar-refractivity contribution is 6.00. The Balaban J connectivity index is 1.70. The summed E-state index contributed by atoms with van der Waals surface area (Å²) in [6, 6.07) is 12.6. The second-order valence-electron chi connectivity index (χ2n) is 6.64. The fourth-order valence-corrected chi connectivity index (χ4v) is 3.06. The van der Waals surface area contributed by atoms with Gasteiger partial charge in [-0.05, 0) is 23.6 Å². The van der Waals surface area contributed by atoms with Crippen LogP contribution in [0.15, 0.2) is 42.5 Å². The first-order chi connectivity index (χ1) is 13.6. The molecule has 0 spiro atoms.